The smallest absolute Gasteiger partial charge is 0.417 e. The van der Waals surface area contributed by atoms with Crippen LogP contribution in [-0.4, -0.2) is 24.1 Å². The van der Waals surface area contributed by atoms with E-state index in [4.69, 9.17) is 22.1 Å². The number of primary amides is 1. The third-order valence-electron chi connectivity index (χ3n) is 5.31. The molecule has 0 aromatic heterocycles. The molecule has 0 unspecified atom stereocenters. The Labute approximate surface area is 188 Å². The lowest BCUT2D eigenvalue weighted by molar-refractivity contribution is -0.137. The fourth-order valence-corrected chi connectivity index (χ4v) is 3.90. The van der Waals surface area contributed by atoms with Crippen LogP contribution in [0.15, 0.2) is 36.4 Å². The number of halogens is 4. The van der Waals surface area contributed by atoms with Gasteiger partial charge in [-0.2, -0.15) is 13.2 Å². The number of carbonyl (C=O) groups excluding carboxylic acids is 2. The molecule has 0 atom stereocenters. The van der Waals surface area contributed by atoms with Crippen LogP contribution in [-0.2, 0) is 6.18 Å². The van der Waals surface area contributed by atoms with Crippen molar-refractivity contribution in [1.29, 1.82) is 0 Å². The highest BCUT2D eigenvalue weighted by molar-refractivity contribution is 6.31. The third kappa shape index (κ3) is 6.06. The maximum absolute atomic E-state index is 13.0. The molecular formula is C22H23ClF3N3O3. The molecule has 1 aliphatic carbocycles. The summed E-state index contributed by atoms with van der Waals surface area (Å²) >= 11 is 5.59. The average Bonchev–Trinajstić information content (AvgIpc) is 2.70. The van der Waals surface area contributed by atoms with Gasteiger partial charge in [-0.3, -0.25) is 4.79 Å². The van der Waals surface area contributed by atoms with Gasteiger partial charge in [0, 0.05) is 17.3 Å². The highest BCUT2D eigenvalue weighted by Crippen LogP contribution is 2.36. The maximum Gasteiger partial charge on any atom is 0.417 e. The average molecular weight is 470 g/mol. The van der Waals surface area contributed by atoms with Crippen molar-refractivity contribution < 1.29 is 27.5 Å². The maximum atomic E-state index is 13.0. The van der Waals surface area contributed by atoms with Crippen LogP contribution in [0.4, 0.5) is 23.7 Å². The van der Waals surface area contributed by atoms with E-state index < -0.39 is 28.7 Å². The molecule has 1 aliphatic rings. The predicted molar refractivity (Wildman–Crippen MR) is 115 cm³/mol. The molecule has 1 fully saturated rings. The molecule has 0 heterocycles. The Bertz CT molecular complexity index is 1010. The second kappa shape index (κ2) is 9.68. The molecule has 0 saturated heterocycles. The lowest BCUT2D eigenvalue weighted by Crippen LogP contribution is -2.41. The number of nitrogens with two attached hydrogens (primary N) is 1. The lowest BCUT2D eigenvalue weighted by Gasteiger charge is -2.29. The minimum absolute atomic E-state index is 0.00558. The van der Waals surface area contributed by atoms with Crippen LogP contribution in [0.1, 0.15) is 47.2 Å². The van der Waals surface area contributed by atoms with Crippen molar-refractivity contribution in [1.82, 2.24) is 5.32 Å². The van der Waals surface area contributed by atoms with Crippen LogP contribution >= 0.6 is 11.6 Å². The van der Waals surface area contributed by atoms with Gasteiger partial charge in [-0.25, -0.2) is 4.79 Å². The Morgan fingerprint density at radius 1 is 1.09 bits per heavy atom. The third-order valence-corrected chi connectivity index (χ3v) is 5.63. The Morgan fingerprint density at radius 2 is 1.78 bits per heavy atom. The van der Waals surface area contributed by atoms with Crippen molar-refractivity contribution in [3.63, 3.8) is 0 Å². The standard InChI is InChI=1S/C22H23ClF3N3O3/c1-12-10-16(7-8-17(12)20(27)30)32-15-5-2-13(3-6-15)28-21(31)29-14-4-9-19(23)18(11-14)22(24,25)26/h4,7-11,13,15H,2-3,5-6H2,1H3,(H2,27,30)(H2,28,29,31). The molecule has 0 aliphatic heterocycles. The summed E-state index contributed by atoms with van der Waals surface area (Å²) in [6.45, 7) is 1.78. The summed E-state index contributed by atoms with van der Waals surface area (Å²) in [6.07, 6.45) is -1.94. The van der Waals surface area contributed by atoms with E-state index in [0.717, 1.165) is 17.7 Å². The first-order valence-corrected chi connectivity index (χ1v) is 10.4. The lowest BCUT2D eigenvalue weighted by atomic mass is 9.93. The largest absolute Gasteiger partial charge is 0.490 e. The van der Waals surface area contributed by atoms with E-state index in [1.165, 1.54) is 6.07 Å². The second-order valence-electron chi connectivity index (χ2n) is 7.72. The number of hydrogen-bond donors (Lipinski definition) is 3. The number of ether oxygens (including phenoxy) is 1. The number of carbonyl (C=O) groups is 2. The molecule has 32 heavy (non-hydrogen) atoms. The Hall–Kier alpha value is -2.94. The number of amides is 3. The van der Waals surface area contributed by atoms with Gasteiger partial charge in [-0.05, 0) is 74.6 Å². The van der Waals surface area contributed by atoms with Crippen LogP contribution < -0.4 is 21.1 Å². The highest BCUT2D eigenvalue weighted by atomic mass is 35.5. The summed E-state index contributed by atoms with van der Waals surface area (Å²) in [6, 6.07) is 7.61. The van der Waals surface area contributed by atoms with Gasteiger partial charge >= 0.3 is 12.2 Å². The number of rotatable bonds is 5. The van der Waals surface area contributed by atoms with Gasteiger partial charge in [0.2, 0.25) is 5.91 Å². The first-order chi connectivity index (χ1) is 15.0. The molecule has 172 valence electrons. The van der Waals surface area contributed by atoms with Crippen LogP contribution in [0.5, 0.6) is 5.75 Å². The number of nitrogens with one attached hydrogen (secondary N) is 2. The number of hydrogen-bond acceptors (Lipinski definition) is 3. The van der Waals surface area contributed by atoms with E-state index in [1.807, 2.05) is 0 Å². The number of anilines is 1. The predicted octanol–water partition coefficient (Wildman–Crippen LogP) is 5.28. The second-order valence-corrected chi connectivity index (χ2v) is 8.13. The van der Waals surface area contributed by atoms with Gasteiger partial charge in [0.25, 0.3) is 0 Å². The molecule has 0 radical (unpaired) electrons. The highest BCUT2D eigenvalue weighted by Gasteiger charge is 2.33. The summed E-state index contributed by atoms with van der Waals surface area (Å²) in [5.74, 6) is 0.150. The van der Waals surface area contributed by atoms with Crippen LogP contribution in [0.25, 0.3) is 0 Å². The summed E-state index contributed by atoms with van der Waals surface area (Å²) in [4.78, 5) is 23.5. The van der Waals surface area contributed by atoms with Crippen molar-refractivity contribution in [2.45, 2.75) is 50.9 Å². The minimum Gasteiger partial charge on any atom is -0.490 e. The first-order valence-electron chi connectivity index (χ1n) is 10.0. The molecule has 10 heteroatoms. The molecule has 1 saturated carbocycles. The molecule has 3 rings (SSSR count). The Morgan fingerprint density at radius 3 is 2.38 bits per heavy atom. The minimum atomic E-state index is -4.61. The van der Waals surface area contributed by atoms with Crippen molar-refractivity contribution in [2.75, 3.05) is 5.32 Å². The Kier molecular flexibility index (Phi) is 7.18. The number of benzene rings is 2. The van der Waals surface area contributed by atoms with Crippen molar-refractivity contribution >= 4 is 29.2 Å². The molecule has 0 bridgehead atoms. The zero-order valence-corrected chi connectivity index (χ0v) is 18.0. The van der Waals surface area contributed by atoms with E-state index in [2.05, 4.69) is 10.6 Å². The fraction of sp³-hybridized carbons (Fsp3) is 0.364. The monoisotopic (exact) mass is 469 g/mol. The van der Waals surface area contributed by atoms with Gasteiger partial charge in [0.05, 0.1) is 16.7 Å². The molecule has 0 spiro atoms. The molecule has 3 amide bonds. The molecule has 4 N–H and O–H groups in total. The number of urea groups is 1. The van der Waals surface area contributed by atoms with Gasteiger partial charge in [0.15, 0.2) is 0 Å². The van der Waals surface area contributed by atoms with Crippen molar-refractivity contribution in [2.24, 2.45) is 5.73 Å². The summed E-state index contributed by atoms with van der Waals surface area (Å²) < 4.78 is 44.9. The summed E-state index contributed by atoms with van der Waals surface area (Å²) in [7, 11) is 0. The van der Waals surface area contributed by atoms with Crippen LogP contribution in [0.3, 0.4) is 0 Å². The van der Waals surface area contributed by atoms with E-state index in [9.17, 15) is 22.8 Å². The van der Waals surface area contributed by atoms with Gasteiger partial charge in [0.1, 0.15) is 5.75 Å². The van der Waals surface area contributed by atoms with Gasteiger partial charge in [-0.15, -0.1) is 0 Å². The zero-order valence-electron chi connectivity index (χ0n) is 17.3. The summed E-state index contributed by atoms with van der Waals surface area (Å²) in [5.41, 5.74) is 5.49. The quantitative estimate of drug-likeness (QED) is 0.556. The van der Waals surface area contributed by atoms with E-state index >= 15 is 0 Å². The normalized spacial score (nSPS) is 18.7. The van der Waals surface area contributed by atoms with Gasteiger partial charge < -0.3 is 21.1 Å². The fourth-order valence-electron chi connectivity index (χ4n) is 3.68. The topological polar surface area (TPSA) is 93.4 Å². The molecule has 2 aromatic carbocycles. The number of aryl methyl sites for hydroxylation is 1. The SMILES string of the molecule is Cc1cc(OC2CCC(NC(=O)Nc3ccc(Cl)c(C(F)(F)F)c3)CC2)ccc1C(N)=O. The molecular weight excluding hydrogens is 447 g/mol. The van der Waals surface area contributed by atoms with E-state index in [-0.39, 0.29) is 17.8 Å². The van der Waals surface area contributed by atoms with Gasteiger partial charge in [-0.1, -0.05) is 11.6 Å². The van der Waals surface area contributed by atoms with Crippen LogP contribution in [0.2, 0.25) is 5.02 Å². The van der Waals surface area contributed by atoms with Crippen molar-refractivity contribution in [3.05, 3.63) is 58.1 Å². The zero-order chi connectivity index (χ0) is 23.5. The van der Waals surface area contributed by atoms with Crippen LogP contribution in [0, 0.1) is 6.92 Å². The Balaban J connectivity index is 1.49. The number of alkyl halides is 3. The van der Waals surface area contributed by atoms with E-state index in [1.54, 1.807) is 25.1 Å². The molecule has 2 aromatic rings. The van der Waals surface area contributed by atoms with Crippen molar-refractivity contribution in [3.8, 4) is 5.75 Å². The van der Waals surface area contributed by atoms with E-state index in [0.29, 0.717) is 37.0 Å². The molecule has 6 nitrogen and oxygen atoms in total. The first kappa shape index (κ1) is 23.7. The summed E-state index contributed by atoms with van der Waals surface area (Å²) in [5, 5.41) is 4.78.